The van der Waals surface area contributed by atoms with Crippen LogP contribution in [-0.4, -0.2) is 106 Å². The van der Waals surface area contributed by atoms with Gasteiger partial charge in [0.2, 0.25) is 5.78 Å². The zero-order valence-electron chi connectivity index (χ0n) is 23.6. The molecule has 3 aliphatic rings. The molecule has 14 nitrogen and oxygen atoms in total. The molecule has 8 N–H and O–H groups in total. The van der Waals surface area contributed by atoms with Gasteiger partial charge in [-0.15, -0.1) is 0 Å². The maximum Gasteiger partial charge on any atom is 0.202 e. The summed E-state index contributed by atoms with van der Waals surface area (Å²) in [5.41, 5.74) is -0.186. The van der Waals surface area contributed by atoms with E-state index >= 15 is 0 Å². The van der Waals surface area contributed by atoms with Crippen LogP contribution in [0.3, 0.4) is 0 Å². The molecule has 0 spiro atoms. The Balaban J connectivity index is 0.000000440. The molecule has 0 saturated carbocycles. The van der Waals surface area contributed by atoms with Crippen LogP contribution in [0.1, 0.15) is 74.8 Å². The summed E-state index contributed by atoms with van der Waals surface area (Å²) in [5, 5.41) is 68.1. The fourth-order valence-electron chi connectivity index (χ4n) is 5.09. The van der Waals surface area contributed by atoms with Gasteiger partial charge in [0.05, 0.1) is 62.2 Å². The molecule has 1 aliphatic heterocycles. The fourth-order valence-corrected chi connectivity index (χ4v) is 5.09. The number of phenols is 2. The van der Waals surface area contributed by atoms with E-state index < -0.39 is 47.7 Å². The molecule has 0 amide bonds. The number of aliphatic hydroxyl groups is 5. The van der Waals surface area contributed by atoms with Crippen LogP contribution in [0.25, 0.3) is 0 Å². The zero-order valence-corrected chi connectivity index (χ0v) is 23.6. The highest BCUT2D eigenvalue weighted by molar-refractivity contribution is 6.31. The number of aldehydes is 1. The van der Waals surface area contributed by atoms with E-state index in [2.05, 4.69) is 5.32 Å². The first-order chi connectivity index (χ1) is 20.6. The first-order valence-corrected chi connectivity index (χ1v) is 13.6. The minimum atomic E-state index is -0.901. The van der Waals surface area contributed by atoms with Crippen LogP contribution in [0.15, 0.2) is 18.2 Å². The van der Waals surface area contributed by atoms with E-state index in [0.717, 1.165) is 0 Å². The van der Waals surface area contributed by atoms with Crippen LogP contribution >= 0.6 is 0 Å². The van der Waals surface area contributed by atoms with Crippen LogP contribution in [0.2, 0.25) is 0 Å². The lowest BCUT2D eigenvalue weighted by atomic mass is 9.76. The number of aromatic hydroxyl groups is 2. The van der Waals surface area contributed by atoms with Gasteiger partial charge in [0.1, 0.15) is 23.5 Å². The number of ketones is 2. The molecule has 43 heavy (non-hydrogen) atoms. The van der Waals surface area contributed by atoms with Crippen molar-refractivity contribution in [2.45, 2.75) is 56.7 Å². The molecular weight excluding hydrogens is 570 g/mol. The molecule has 0 bridgehead atoms. The quantitative estimate of drug-likeness (QED) is 0.0986. The average Bonchev–Trinajstić information content (AvgIpc) is 2.99. The van der Waals surface area contributed by atoms with E-state index in [1.54, 1.807) is 12.1 Å². The summed E-state index contributed by atoms with van der Waals surface area (Å²) in [7, 11) is 1.37. The van der Waals surface area contributed by atoms with E-state index in [1.165, 1.54) is 13.2 Å². The summed E-state index contributed by atoms with van der Waals surface area (Å²) in [6.45, 7) is -0.242. The fraction of sp³-hybridized carbons (Fsp3) is 0.483. The summed E-state index contributed by atoms with van der Waals surface area (Å²) in [4.78, 5) is 36.0. The highest BCUT2D eigenvalue weighted by Gasteiger charge is 2.43. The van der Waals surface area contributed by atoms with Gasteiger partial charge < -0.3 is 54.8 Å². The predicted octanol–water partition coefficient (Wildman–Crippen LogP) is -0.213. The number of rotatable bonds is 7. The topological polar surface area (TPSA) is 233 Å². The Kier molecular flexibility index (Phi) is 12.5. The third-order valence-electron chi connectivity index (χ3n) is 7.01. The molecule has 1 heterocycles. The lowest BCUT2D eigenvalue weighted by Gasteiger charge is -2.36. The average molecular weight is 608 g/mol. The molecular formula is C29H37NO13. The van der Waals surface area contributed by atoms with Crippen molar-refractivity contribution in [3.8, 4) is 17.2 Å². The van der Waals surface area contributed by atoms with E-state index in [-0.39, 0.29) is 85.1 Å². The van der Waals surface area contributed by atoms with Crippen molar-refractivity contribution in [2.75, 3.05) is 33.8 Å². The number of carbonyl (C=O) groups excluding carboxylic acids is 3. The third kappa shape index (κ3) is 7.55. The normalized spacial score (nSPS) is 22.1. The van der Waals surface area contributed by atoms with E-state index in [1.807, 2.05) is 0 Å². The van der Waals surface area contributed by atoms with Crippen LogP contribution in [0.5, 0.6) is 17.2 Å². The van der Waals surface area contributed by atoms with E-state index in [0.29, 0.717) is 19.1 Å². The Morgan fingerprint density at radius 2 is 1.67 bits per heavy atom. The van der Waals surface area contributed by atoms with Gasteiger partial charge in [-0.3, -0.25) is 14.9 Å². The Morgan fingerprint density at radius 3 is 2.21 bits per heavy atom. The Labute approximate surface area is 247 Å². The van der Waals surface area contributed by atoms with Gasteiger partial charge in [-0.25, -0.2) is 0 Å². The Bertz CT molecular complexity index is 1290. The molecule has 0 radical (unpaired) electrons. The van der Waals surface area contributed by atoms with Crippen molar-refractivity contribution in [1.29, 1.82) is 0 Å². The van der Waals surface area contributed by atoms with Gasteiger partial charge in [-0.05, 0) is 12.5 Å². The van der Waals surface area contributed by atoms with Crippen molar-refractivity contribution < 1.29 is 64.3 Å². The summed E-state index contributed by atoms with van der Waals surface area (Å²) < 4.78 is 16.8. The number of aliphatic hydroxyl groups excluding tert-OH is 5. The van der Waals surface area contributed by atoms with Crippen molar-refractivity contribution in [3.05, 3.63) is 51.6 Å². The zero-order chi connectivity index (χ0) is 31.7. The van der Waals surface area contributed by atoms with Gasteiger partial charge >= 0.3 is 0 Å². The predicted molar refractivity (Wildman–Crippen MR) is 148 cm³/mol. The minimum Gasteiger partial charge on any atom is -0.507 e. The molecule has 4 atom stereocenters. The number of fused-ring (bicyclic) bond motifs is 3. The van der Waals surface area contributed by atoms with Crippen molar-refractivity contribution in [3.63, 3.8) is 0 Å². The molecule has 14 heteroatoms. The molecule has 2 aliphatic carbocycles. The number of hydrogen-bond donors (Lipinski definition) is 8. The summed E-state index contributed by atoms with van der Waals surface area (Å²) in [6.07, 6.45) is -1.16. The lowest BCUT2D eigenvalue weighted by molar-refractivity contribution is -0.214. The standard InChI is InChI=1S/C24H24O9.C3H6O2.C2H7NO2/c1-31-14-4-2-3-12-17(14)23(29)20-19(21(12)27)22(28)13-7-11(26)8-15(18(13)24(20)30)33-16-6-5-10(25)9-32-16;4-2-1-3-5;4-1-3-2-5/h2-4,10-11,15-16,25-26,28,30H,5-9H2,1H3;2,5H,1,3H2;3-5H,1-2H2. The largest absolute Gasteiger partial charge is 0.507 e. The van der Waals surface area contributed by atoms with Crippen LogP contribution in [-0.2, 0) is 20.7 Å². The van der Waals surface area contributed by atoms with E-state index in [9.17, 15) is 34.8 Å². The van der Waals surface area contributed by atoms with Crippen LogP contribution in [0, 0.1) is 0 Å². The van der Waals surface area contributed by atoms with Gasteiger partial charge in [-0.1, -0.05) is 12.1 Å². The first kappa shape index (κ1) is 34.0. The number of phenolic OH excluding ortho intramolecular Hbond substituents is 2. The summed E-state index contributed by atoms with van der Waals surface area (Å²) in [5.74, 6) is -1.98. The van der Waals surface area contributed by atoms with E-state index in [4.69, 9.17) is 29.5 Å². The number of benzene rings is 2. The van der Waals surface area contributed by atoms with Gasteiger partial charge in [0, 0.05) is 49.0 Å². The maximum absolute atomic E-state index is 13.4. The molecule has 2 aromatic rings. The SMILES string of the molecule is COc1cccc2c1C(=O)c1c(O)c3c(c(O)c1C2=O)CC(O)CC3OC1CCC(O)CO1.O=CCCO.OCNCO. The second kappa shape index (κ2) is 15.8. The van der Waals surface area contributed by atoms with Crippen LogP contribution < -0.4 is 10.1 Å². The number of methoxy groups -OCH3 is 1. The molecule has 1 saturated heterocycles. The van der Waals surface area contributed by atoms with Crippen LogP contribution in [0.4, 0.5) is 0 Å². The van der Waals surface area contributed by atoms with Gasteiger partial charge in [-0.2, -0.15) is 0 Å². The lowest BCUT2D eigenvalue weighted by Crippen LogP contribution is -2.35. The number of nitrogens with one attached hydrogen (secondary N) is 1. The number of hydrogen-bond acceptors (Lipinski definition) is 14. The third-order valence-corrected chi connectivity index (χ3v) is 7.01. The van der Waals surface area contributed by atoms with Crippen molar-refractivity contribution in [2.24, 2.45) is 0 Å². The second-order valence-corrected chi connectivity index (χ2v) is 9.84. The Morgan fingerprint density at radius 1 is 0.977 bits per heavy atom. The summed E-state index contributed by atoms with van der Waals surface area (Å²) in [6, 6.07) is 4.58. The minimum absolute atomic E-state index is 0.0153. The van der Waals surface area contributed by atoms with Crippen molar-refractivity contribution in [1.82, 2.24) is 5.32 Å². The number of ether oxygens (including phenoxy) is 3. The van der Waals surface area contributed by atoms with Gasteiger partial charge in [0.15, 0.2) is 12.1 Å². The molecule has 236 valence electrons. The first-order valence-electron chi connectivity index (χ1n) is 13.6. The van der Waals surface area contributed by atoms with Crippen molar-refractivity contribution >= 4 is 17.9 Å². The monoisotopic (exact) mass is 607 g/mol. The molecule has 1 fully saturated rings. The smallest absolute Gasteiger partial charge is 0.202 e. The second-order valence-electron chi connectivity index (χ2n) is 9.84. The highest BCUT2D eigenvalue weighted by Crippen LogP contribution is 2.50. The molecule has 5 rings (SSSR count). The van der Waals surface area contributed by atoms with Gasteiger partial charge in [0.25, 0.3) is 0 Å². The maximum atomic E-state index is 13.4. The molecule has 0 aromatic heterocycles. The highest BCUT2D eigenvalue weighted by atomic mass is 16.7. The number of carbonyl (C=O) groups is 3. The summed E-state index contributed by atoms with van der Waals surface area (Å²) >= 11 is 0. The molecule has 4 unspecified atom stereocenters. The Hall–Kier alpha value is -3.47. The molecule has 2 aromatic carbocycles.